The molecule has 0 saturated heterocycles. The normalized spacial score (nSPS) is 11.1. The van der Waals surface area contributed by atoms with Crippen molar-refractivity contribution in [1.82, 2.24) is 15.0 Å². The molecule has 80 valence electrons. The van der Waals surface area contributed by atoms with Crippen LogP contribution in [-0.2, 0) is 0 Å². The van der Waals surface area contributed by atoms with Crippen LogP contribution in [0.15, 0.2) is 23.6 Å². The summed E-state index contributed by atoms with van der Waals surface area (Å²) in [7, 11) is 0. The molecule has 3 nitrogen and oxygen atoms in total. The van der Waals surface area contributed by atoms with E-state index in [-0.39, 0.29) is 5.15 Å². The number of rotatable bonds is 1. The van der Waals surface area contributed by atoms with Gasteiger partial charge in [-0.1, -0.05) is 29.3 Å². The monoisotopic (exact) mass is 269 g/mol. The van der Waals surface area contributed by atoms with Crippen molar-refractivity contribution in [1.29, 1.82) is 0 Å². The summed E-state index contributed by atoms with van der Waals surface area (Å²) in [4.78, 5) is 12.7. The summed E-state index contributed by atoms with van der Waals surface area (Å²) in [6.07, 6.45) is 0. The minimum absolute atomic E-state index is 0.276. The van der Waals surface area contributed by atoms with Gasteiger partial charge in [0.25, 0.3) is 0 Å². The van der Waals surface area contributed by atoms with Gasteiger partial charge in [-0.15, -0.1) is 11.3 Å². The smallest absolute Gasteiger partial charge is 0.179 e. The average molecular weight is 270 g/mol. The molecule has 0 bridgehead atoms. The van der Waals surface area contributed by atoms with Crippen LogP contribution in [0.2, 0.25) is 10.2 Å². The summed E-state index contributed by atoms with van der Waals surface area (Å²) in [6.45, 7) is 0. The van der Waals surface area contributed by atoms with E-state index in [0.29, 0.717) is 10.7 Å². The fourth-order valence-corrected chi connectivity index (χ4v) is 2.38. The highest BCUT2D eigenvalue weighted by Gasteiger charge is 2.09. The second-order valence-corrected chi connectivity index (χ2v) is 4.91. The van der Waals surface area contributed by atoms with Gasteiger partial charge in [-0.05, 0) is 17.5 Å². The molecule has 0 aliphatic heterocycles. The first-order valence-corrected chi connectivity index (χ1v) is 6.13. The Kier molecular flexibility index (Phi) is 2.35. The summed E-state index contributed by atoms with van der Waals surface area (Å²) in [5.41, 5.74) is 1.37. The number of aromatic nitrogens is 3. The van der Waals surface area contributed by atoms with Crippen LogP contribution in [-0.4, -0.2) is 15.0 Å². The summed E-state index contributed by atoms with van der Waals surface area (Å²) in [5.74, 6) is 0.788. The van der Waals surface area contributed by atoms with Crippen LogP contribution in [0.1, 0.15) is 0 Å². The maximum atomic E-state index is 5.88. The summed E-state index contributed by atoms with van der Waals surface area (Å²) < 4.78 is 0. The first kappa shape index (κ1) is 10.1. The van der Waals surface area contributed by atoms with E-state index in [2.05, 4.69) is 15.0 Å². The Morgan fingerprint density at radius 2 is 2.12 bits per heavy atom. The Labute approximate surface area is 105 Å². The third kappa shape index (κ3) is 1.59. The molecule has 0 aliphatic rings. The molecule has 0 atom stereocenters. The number of fused-ring (bicyclic) bond motifs is 1. The Bertz CT molecular complexity index is 606. The quantitative estimate of drug-likeness (QED) is 0.679. The molecule has 6 heteroatoms. The van der Waals surface area contributed by atoms with E-state index in [4.69, 9.17) is 23.2 Å². The molecule has 0 fully saturated rings. The third-order valence-corrected chi connectivity index (χ3v) is 3.69. The lowest BCUT2D eigenvalue weighted by Gasteiger charge is -1.92. The highest BCUT2D eigenvalue weighted by Crippen LogP contribution is 2.27. The lowest BCUT2D eigenvalue weighted by molar-refractivity contribution is 1.31. The second-order valence-electron chi connectivity index (χ2n) is 3.19. The predicted molar refractivity (Wildman–Crippen MR) is 67.2 cm³/mol. The number of hydrogen-bond donors (Lipinski definition) is 1. The van der Waals surface area contributed by atoms with Crippen molar-refractivity contribution in [3.63, 3.8) is 0 Å². The number of nitrogens with zero attached hydrogens (tertiary/aromatic N) is 2. The maximum absolute atomic E-state index is 5.88. The van der Waals surface area contributed by atoms with Gasteiger partial charge in [0.15, 0.2) is 11.5 Å². The number of thiophene rings is 1. The summed E-state index contributed by atoms with van der Waals surface area (Å²) in [5, 5.41) is 2.70. The third-order valence-electron chi connectivity index (χ3n) is 2.14. The first-order valence-electron chi connectivity index (χ1n) is 4.49. The molecular weight excluding hydrogens is 265 g/mol. The number of pyridine rings is 1. The second kappa shape index (κ2) is 3.73. The van der Waals surface area contributed by atoms with E-state index in [1.165, 1.54) is 0 Å². The molecule has 0 radical (unpaired) electrons. The molecule has 3 aromatic heterocycles. The molecule has 3 heterocycles. The molecule has 0 saturated carbocycles. The minimum atomic E-state index is 0.276. The number of halogens is 2. The molecule has 1 N–H and O–H groups in total. The zero-order chi connectivity index (χ0) is 11.1. The van der Waals surface area contributed by atoms with E-state index in [9.17, 15) is 0 Å². The molecule has 0 spiro atoms. The number of imidazole rings is 1. The van der Waals surface area contributed by atoms with Gasteiger partial charge in [0.1, 0.15) is 5.15 Å². The zero-order valence-electron chi connectivity index (χ0n) is 7.87. The van der Waals surface area contributed by atoms with Crippen LogP contribution in [0.5, 0.6) is 0 Å². The van der Waals surface area contributed by atoms with E-state index >= 15 is 0 Å². The van der Waals surface area contributed by atoms with E-state index < -0.39 is 0 Å². The topological polar surface area (TPSA) is 41.6 Å². The summed E-state index contributed by atoms with van der Waals surface area (Å²) in [6, 6.07) is 5.70. The maximum Gasteiger partial charge on any atom is 0.179 e. The number of aromatic amines is 1. The molecule has 16 heavy (non-hydrogen) atoms. The highest BCUT2D eigenvalue weighted by atomic mass is 35.5. The SMILES string of the molecule is Clc1cc2[nH]c(-c3cccs3)nc2nc1Cl. The van der Waals surface area contributed by atoms with Crippen LogP contribution < -0.4 is 0 Å². The van der Waals surface area contributed by atoms with Gasteiger partial charge >= 0.3 is 0 Å². The lowest BCUT2D eigenvalue weighted by atomic mass is 10.4. The van der Waals surface area contributed by atoms with Crippen LogP contribution in [0.25, 0.3) is 21.9 Å². The predicted octanol–water partition coefficient (Wildman–Crippen LogP) is 3.99. The fourth-order valence-electron chi connectivity index (χ4n) is 1.43. The lowest BCUT2D eigenvalue weighted by Crippen LogP contribution is -1.79. The van der Waals surface area contributed by atoms with E-state index in [0.717, 1.165) is 16.2 Å². The van der Waals surface area contributed by atoms with Gasteiger partial charge in [0, 0.05) is 0 Å². The van der Waals surface area contributed by atoms with Crippen molar-refractivity contribution in [2.24, 2.45) is 0 Å². The van der Waals surface area contributed by atoms with Crippen molar-refractivity contribution in [2.45, 2.75) is 0 Å². The standard InChI is InChI=1S/C10H5Cl2N3S/c11-5-4-6-9(14-8(5)12)15-10(13-6)7-2-1-3-16-7/h1-4H,(H,13,14,15). The van der Waals surface area contributed by atoms with Crippen LogP contribution >= 0.6 is 34.5 Å². The van der Waals surface area contributed by atoms with E-state index in [1.54, 1.807) is 17.4 Å². The van der Waals surface area contributed by atoms with Crippen LogP contribution in [0.4, 0.5) is 0 Å². The van der Waals surface area contributed by atoms with E-state index in [1.807, 2.05) is 17.5 Å². The van der Waals surface area contributed by atoms with Crippen molar-refractivity contribution in [3.05, 3.63) is 33.8 Å². The molecule has 0 aliphatic carbocycles. The molecular formula is C10H5Cl2N3S. The highest BCUT2D eigenvalue weighted by molar-refractivity contribution is 7.13. The van der Waals surface area contributed by atoms with Crippen LogP contribution in [0, 0.1) is 0 Å². The van der Waals surface area contributed by atoms with Crippen molar-refractivity contribution < 1.29 is 0 Å². The Hall–Kier alpha value is -1.10. The number of nitrogens with one attached hydrogen (secondary N) is 1. The van der Waals surface area contributed by atoms with Gasteiger partial charge < -0.3 is 4.98 Å². The minimum Gasteiger partial charge on any atom is -0.336 e. The van der Waals surface area contributed by atoms with Gasteiger partial charge in [-0.3, -0.25) is 0 Å². The first-order chi connectivity index (χ1) is 7.74. The van der Waals surface area contributed by atoms with Crippen LogP contribution in [0.3, 0.4) is 0 Å². The zero-order valence-corrected chi connectivity index (χ0v) is 10.2. The van der Waals surface area contributed by atoms with Crippen molar-refractivity contribution in [3.8, 4) is 10.7 Å². The van der Waals surface area contributed by atoms with Gasteiger partial charge in [0.05, 0.1) is 15.4 Å². The van der Waals surface area contributed by atoms with Gasteiger partial charge in [0.2, 0.25) is 0 Å². The molecule has 0 unspecified atom stereocenters. The summed E-state index contributed by atoms with van der Waals surface area (Å²) >= 11 is 13.3. The Morgan fingerprint density at radius 1 is 1.25 bits per heavy atom. The average Bonchev–Trinajstić information content (AvgIpc) is 2.86. The molecule has 3 aromatic rings. The van der Waals surface area contributed by atoms with Crippen molar-refractivity contribution in [2.75, 3.05) is 0 Å². The largest absolute Gasteiger partial charge is 0.336 e. The molecule has 3 rings (SSSR count). The van der Waals surface area contributed by atoms with Crippen molar-refractivity contribution >= 4 is 45.7 Å². The van der Waals surface area contributed by atoms with Gasteiger partial charge in [-0.2, -0.15) is 0 Å². The number of hydrogen-bond acceptors (Lipinski definition) is 3. The van der Waals surface area contributed by atoms with Gasteiger partial charge in [-0.25, -0.2) is 9.97 Å². The molecule has 0 aromatic carbocycles. The number of H-pyrrole nitrogens is 1. The Morgan fingerprint density at radius 3 is 2.88 bits per heavy atom. The fraction of sp³-hybridized carbons (Fsp3) is 0. The Balaban J connectivity index is 2.23. The molecule has 0 amide bonds.